The molecule has 0 radical (unpaired) electrons. The van der Waals surface area contributed by atoms with Crippen LogP contribution in [0.2, 0.25) is 0 Å². The number of allylic oxidation sites excluding steroid dienone is 2. The Morgan fingerprint density at radius 2 is 1.83 bits per heavy atom. The van der Waals surface area contributed by atoms with Crippen LogP contribution in [0.25, 0.3) is 0 Å². The average molecular weight is 565 g/mol. The van der Waals surface area contributed by atoms with Crippen LogP contribution < -0.4 is 16.2 Å². The number of esters is 2. The summed E-state index contributed by atoms with van der Waals surface area (Å²) in [5.74, 6) is -2.11. The lowest BCUT2D eigenvalue weighted by atomic mass is 9.80. The van der Waals surface area contributed by atoms with E-state index >= 15 is 0 Å². The van der Waals surface area contributed by atoms with Gasteiger partial charge in [-0.3, -0.25) is 14.9 Å². The smallest absolute Gasteiger partial charge is 0.336 e. The number of aromatic amines is 1. The number of aromatic nitrogens is 1. The van der Waals surface area contributed by atoms with Crippen molar-refractivity contribution in [3.05, 3.63) is 96.2 Å². The minimum atomic E-state index is -0.881. The highest BCUT2D eigenvalue weighted by atomic mass is 16.6. The molecule has 2 unspecified atom stereocenters. The van der Waals surface area contributed by atoms with Crippen molar-refractivity contribution in [1.29, 1.82) is 0 Å². The summed E-state index contributed by atoms with van der Waals surface area (Å²) in [5.41, 5.74) is 3.80. The van der Waals surface area contributed by atoms with E-state index < -0.39 is 22.8 Å². The number of ether oxygens (including phenoxy) is 2. The van der Waals surface area contributed by atoms with E-state index in [1.807, 2.05) is 6.07 Å². The topological polar surface area (TPSA) is 153 Å². The molecule has 3 N–H and O–H groups in total. The molecule has 2 heterocycles. The van der Waals surface area contributed by atoms with Crippen LogP contribution in [0.3, 0.4) is 0 Å². The number of nitro groups is 1. The van der Waals surface area contributed by atoms with E-state index in [1.54, 1.807) is 26.0 Å². The number of nitrogens with one attached hydrogen (secondary N) is 3. The maximum atomic E-state index is 13.3. The predicted octanol–water partition coefficient (Wildman–Crippen LogP) is 4.07. The number of fused-ring (bicyclic) bond motifs is 1. The van der Waals surface area contributed by atoms with Gasteiger partial charge in [0.25, 0.3) is 5.69 Å². The fourth-order valence-electron chi connectivity index (χ4n) is 5.63. The molecule has 1 aliphatic carbocycles. The van der Waals surface area contributed by atoms with Crippen LogP contribution in [-0.4, -0.2) is 42.1 Å². The van der Waals surface area contributed by atoms with E-state index in [0.29, 0.717) is 23.4 Å². The highest BCUT2D eigenvalue weighted by molar-refractivity contribution is 5.99. The van der Waals surface area contributed by atoms with Crippen molar-refractivity contribution in [2.45, 2.75) is 64.3 Å². The van der Waals surface area contributed by atoms with Gasteiger partial charge in [0.15, 0.2) is 0 Å². The number of nitrogens with zero attached hydrogens (tertiary/aromatic N) is 1. The second kappa shape index (κ2) is 13.4. The Morgan fingerprint density at radius 3 is 2.56 bits per heavy atom. The molecule has 0 spiro atoms. The first kappa shape index (κ1) is 29.7. The summed E-state index contributed by atoms with van der Waals surface area (Å²) < 4.78 is 10.6. The van der Waals surface area contributed by atoms with Crippen molar-refractivity contribution in [2.75, 3.05) is 20.3 Å². The van der Waals surface area contributed by atoms with Gasteiger partial charge in [-0.2, -0.15) is 0 Å². The predicted molar refractivity (Wildman–Crippen MR) is 152 cm³/mol. The molecule has 0 bridgehead atoms. The van der Waals surface area contributed by atoms with E-state index in [4.69, 9.17) is 9.47 Å². The molecule has 0 saturated carbocycles. The molecule has 0 amide bonds. The monoisotopic (exact) mass is 564 g/mol. The van der Waals surface area contributed by atoms with Crippen LogP contribution in [0.15, 0.2) is 63.7 Å². The van der Waals surface area contributed by atoms with E-state index in [9.17, 15) is 24.5 Å². The number of carbonyl (C=O) groups excluding carboxylic acids is 2. The Bertz CT molecular complexity index is 1440. The average Bonchev–Trinajstić information content (AvgIpc) is 2.95. The summed E-state index contributed by atoms with van der Waals surface area (Å²) in [6, 6.07) is 9.59. The molecule has 2 aliphatic rings. The van der Waals surface area contributed by atoms with Crippen LogP contribution in [0.4, 0.5) is 5.69 Å². The molecule has 1 aromatic carbocycles. The van der Waals surface area contributed by atoms with E-state index in [1.165, 1.54) is 25.3 Å². The van der Waals surface area contributed by atoms with Gasteiger partial charge < -0.3 is 25.1 Å². The standard InChI is InChI=1S/C30H36N4O7/c1-18-26(29(36)40-3)28(20-9-7-10-21(17-20)34(38)39)27(19(2)32-18)30(37)41-16-6-4-5-15-31-23-11-8-12-24-22(23)13-14-25(35)33-24/h7,9-10,13-14,17,23,28,31-32H,4-6,8,11-12,15-16H2,1-3H3,(H,33,35). The third-order valence-corrected chi connectivity index (χ3v) is 7.58. The number of carbonyl (C=O) groups is 2. The van der Waals surface area contributed by atoms with Crippen LogP contribution >= 0.6 is 0 Å². The number of dihydropyridines is 1. The summed E-state index contributed by atoms with van der Waals surface area (Å²) in [7, 11) is 1.25. The van der Waals surface area contributed by atoms with Crippen LogP contribution in [0.5, 0.6) is 0 Å². The molecule has 41 heavy (non-hydrogen) atoms. The van der Waals surface area contributed by atoms with Crippen molar-refractivity contribution in [3.8, 4) is 0 Å². The number of methoxy groups -OCH3 is 1. The van der Waals surface area contributed by atoms with Crippen LogP contribution in [0.1, 0.15) is 74.7 Å². The molecule has 4 rings (SSSR count). The van der Waals surface area contributed by atoms with Crippen LogP contribution in [-0.2, 0) is 25.5 Å². The van der Waals surface area contributed by atoms with Gasteiger partial charge in [-0.05, 0) is 70.0 Å². The number of hydrogen-bond acceptors (Lipinski definition) is 9. The maximum Gasteiger partial charge on any atom is 0.336 e. The summed E-state index contributed by atoms with van der Waals surface area (Å²) in [6.45, 7) is 4.40. The molecule has 1 aliphatic heterocycles. The molecular formula is C30H36N4O7. The molecule has 1 aromatic heterocycles. The lowest BCUT2D eigenvalue weighted by molar-refractivity contribution is -0.384. The largest absolute Gasteiger partial charge is 0.466 e. The number of rotatable bonds is 11. The molecule has 218 valence electrons. The Labute approximate surface area is 238 Å². The van der Waals surface area contributed by atoms with Gasteiger partial charge in [0, 0.05) is 41.3 Å². The van der Waals surface area contributed by atoms with Crippen molar-refractivity contribution in [2.24, 2.45) is 0 Å². The summed E-state index contributed by atoms with van der Waals surface area (Å²) in [5, 5.41) is 18.1. The number of unbranched alkanes of at least 4 members (excludes halogenated alkanes) is 2. The molecule has 2 aromatic rings. The van der Waals surface area contributed by atoms with Gasteiger partial charge in [0.1, 0.15) is 0 Å². The van der Waals surface area contributed by atoms with Crippen molar-refractivity contribution >= 4 is 17.6 Å². The van der Waals surface area contributed by atoms with Gasteiger partial charge in [0.05, 0.1) is 35.7 Å². The van der Waals surface area contributed by atoms with E-state index in [0.717, 1.165) is 49.9 Å². The molecule has 0 fully saturated rings. The van der Waals surface area contributed by atoms with E-state index in [-0.39, 0.29) is 35.0 Å². The fourth-order valence-corrected chi connectivity index (χ4v) is 5.63. The first-order chi connectivity index (χ1) is 19.7. The van der Waals surface area contributed by atoms with Crippen LogP contribution in [0, 0.1) is 10.1 Å². The van der Waals surface area contributed by atoms with Crippen molar-refractivity contribution in [3.63, 3.8) is 0 Å². The third-order valence-electron chi connectivity index (χ3n) is 7.58. The normalized spacial score (nSPS) is 18.4. The highest BCUT2D eigenvalue weighted by Crippen LogP contribution is 2.40. The van der Waals surface area contributed by atoms with E-state index in [2.05, 4.69) is 15.6 Å². The Hall–Kier alpha value is -4.25. The molecule has 11 nitrogen and oxygen atoms in total. The second-order valence-corrected chi connectivity index (χ2v) is 10.3. The lowest BCUT2D eigenvalue weighted by Gasteiger charge is -2.30. The van der Waals surface area contributed by atoms with Gasteiger partial charge in [-0.15, -0.1) is 0 Å². The van der Waals surface area contributed by atoms with Crippen molar-refractivity contribution in [1.82, 2.24) is 15.6 Å². The first-order valence-corrected chi connectivity index (χ1v) is 13.8. The minimum Gasteiger partial charge on any atom is -0.466 e. The first-order valence-electron chi connectivity index (χ1n) is 13.8. The number of hydrogen-bond donors (Lipinski definition) is 3. The highest BCUT2D eigenvalue weighted by Gasteiger charge is 2.38. The maximum absolute atomic E-state index is 13.3. The number of aryl methyl sites for hydroxylation is 1. The quantitative estimate of drug-likeness (QED) is 0.159. The Kier molecular flexibility index (Phi) is 9.72. The zero-order valence-corrected chi connectivity index (χ0v) is 23.6. The Balaban J connectivity index is 1.36. The number of H-pyrrole nitrogens is 1. The van der Waals surface area contributed by atoms with Gasteiger partial charge in [-0.1, -0.05) is 18.2 Å². The summed E-state index contributed by atoms with van der Waals surface area (Å²) in [6.07, 6.45) is 5.31. The number of pyridine rings is 1. The SMILES string of the molecule is COC(=O)C1=C(C)NC(C)=C(C(=O)OCCCCCNC2CCCc3[nH]c(=O)ccc32)C1c1cccc([N+](=O)[O-])c1. The van der Waals surface area contributed by atoms with Gasteiger partial charge in [0.2, 0.25) is 5.56 Å². The second-order valence-electron chi connectivity index (χ2n) is 10.3. The molecule has 0 saturated heterocycles. The molecular weight excluding hydrogens is 528 g/mol. The third kappa shape index (κ3) is 6.91. The number of non-ortho nitro benzene ring substituents is 1. The molecule has 11 heteroatoms. The summed E-state index contributed by atoms with van der Waals surface area (Å²) >= 11 is 0. The number of benzene rings is 1. The zero-order valence-electron chi connectivity index (χ0n) is 23.6. The zero-order chi connectivity index (χ0) is 29.5. The Morgan fingerprint density at radius 1 is 1.07 bits per heavy atom. The fraction of sp³-hybridized carbons (Fsp3) is 0.433. The van der Waals surface area contributed by atoms with Gasteiger partial charge in [-0.25, -0.2) is 9.59 Å². The molecule has 2 atom stereocenters. The lowest BCUT2D eigenvalue weighted by Crippen LogP contribution is -2.32. The van der Waals surface area contributed by atoms with Gasteiger partial charge >= 0.3 is 11.9 Å². The minimum absolute atomic E-state index is 0.0713. The number of nitro benzene ring substituents is 1. The van der Waals surface area contributed by atoms with Crippen molar-refractivity contribution < 1.29 is 24.0 Å². The summed E-state index contributed by atoms with van der Waals surface area (Å²) in [4.78, 5) is 51.6.